The molecule has 3 rings (SSSR count). The van der Waals surface area contributed by atoms with E-state index >= 15 is 0 Å². The fourth-order valence-electron chi connectivity index (χ4n) is 2.76. The predicted octanol–water partition coefficient (Wildman–Crippen LogP) is 5.89. The maximum atomic E-state index is 13.2. The Bertz CT molecular complexity index is 1030. The van der Waals surface area contributed by atoms with E-state index in [4.69, 9.17) is 4.74 Å². The number of nitrogens with zero attached hydrogens (tertiary/aromatic N) is 2. The number of amides is 1. The molecule has 2 aromatic carbocycles. The summed E-state index contributed by atoms with van der Waals surface area (Å²) in [4.78, 5) is 18.5. The topological polar surface area (TPSA) is 42.4 Å². The van der Waals surface area contributed by atoms with E-state index in [1.165, 1.54) is 23.5 Å². The van der Waals surface area contributed by atoms with Crippen molar-refractivity contribution in [2.75, 3.05) is 7.05 Å². The minimum Gasteiger partial charge on any atom is -0.488 e. The highest BCUT2D eigenvalue weighted by molar-refractivity contribution is 7.13. The molecule has 0 aliphatic heterocycles. The van der Waals surface area contributed by atoms with Gasteiger partial charge in [-0.15, -0.1) is 11.3 Å². The molecule has 0 aliphatic carbocycles. The van der Waals surface area contributed by atoms with Crippen LogP contribution in [0, 0.1) is 0 Å². The summed E-state index contributed by atoms with van der Waals surface area (Å²) in [6.45, 7) is 3.58. The molecule has 1 aromatic heterocycles. The Kier molecular flexibility index (Phi) is 6.45. The zero-order valence-electron chi connectivity index (χ0n) is 16.7. The highest BCUT2D eigenvalue weighted by atomic mass is 32.1. The number of para-hydroxylation sites is 1. The van der Waals surface area contributed by atoms with Crippen LogP contribution in [0.15, 0.2) is 53.9 Å². The van der Waals surface area contributed by atoms with Crippen LogP contribution < -0.4 is 4.74 Å². The first kappa shape index (κ1) is 21.8. The molecule has 0 radical (unpaired) electrons. The third-order valence-corrected chi connectivity index (χ3v) is 5.52. The van der Waals surface area contributed by atoms with Gasteiger partial charge in [0.1, 0.15) is 23.1 Å². The van der Waals surface area contributed by atoms with Crippen LogP contribution in [-0.2, 0) is 12.8 Å². The average Bonchev–Trinajstić information content (AvgIpc) is 3.21. The van der Waals surface area contributed by atoms with Gasteiger partial charge in [0.2, 0.25) is 0 Å². The fourth-order valence-corrected chi connectivity index (χ4v) is 3.58. The maximum absolute atomic E-state index is 13.2. The Morgan fingerprint density at radius 3 is 2.50 bits per heavy atom. The molecule has 0 aliphatic rings. The molecule has 158 valence electrons. The fraction of sp³-hybridized carbons (Fsp3) is 0.273. The molecule has 0 spiro atoms. The molecule has 0 N–H and O–H groups in total. The van der Waals surface area contributed by atoms with Crippen molar-refractivity contribution in [3.63, 3.8) is 0 Å². The van der Waals surface area contributed by atoms with Crippen molar-refractivity contribution in [2.45, 2.75) is 32.7 Å². The van der Waals surface area contributed by atoms with Crippen molar-refractivity contribution >= 4 is 17.2 Å². The molecule has 30 heavy (non-hydrogen) atoms. The SMILES string of the molecule is CC(C)N(C)C(=O)c1csc(-c2ccccc2OCc2ccccc2C(F)(F)F)n1. The van der Waals surface area contributed by atoms with Crippen LogP contribution in [-0.4, -0.2) is 28.9 Å². The summed E-state index contributed by atoms with van der Waals surface area (Å²) in [5.74, 6) is 0.213. The first-order valence-electron chi connectivity index (χ1n) is 9.28. The van der Waals surface area contributed by atoms with Crippen molar-refractivity contribution < 1.29 is 22.7 Å². The highest BCUT2D eigenvalue weighted by Gasteiger charge is 2.33. The summed E-state index contributed by atoms with van der Waals surface area (Å²) in [5, 5.41) is 2.24. The standard InChI is InChI=1S/C22H21F3N2O2S/c1-14(2)27(3)21(28)18-13-30-20(26-18)16-9-5-7-11-19(16)29-12-15-8-4-6-10-17(15)22(23,24)25/h4-11,13-14H,12H2,1-3H3. The Morgan fingerprint density at radius 1 is 1.13 bits per heavy atom. The van der Waals surface area contributed by atoms with Gasteiger partial charge in [0.25, 0.3) is 5.91 Å². The molecule has 0 atom stereocenters. The van der Waals surface area contributed by atoms with E-state index in [-0.39, 0.29) is 24.1 Å². The summed E-state index contributed by atoms with van der Waals surface area (Å²) in [5.41, 5.74) is 0.274. The van der Waals surface area contributed by atoms with Gasteiger partial charge < -0.3 is 9.64 Å². The number of hydrogen-bond donors (Lipinski definition) is 0. The summed E-state index contributed by atoms with van der Waals surface area (Å²) < 4.78 is 45.4. The first-order valence-corrected chi connectivity index (χ1v) is 10.2. The number of alkyl halides is 3. The van der Waals surface area contributed by atoms with Gasteiger partial charge in [-0.25, -0.2) is 4.98 Å². The Labute approximate surface area is 176 Å². The van der Waals surface area contributed by atoms with Crippen molar-refractivity contribution in [3.05, 3.63) is 70.7 Å². The molecule has 0 fully saturated rings. The van der Waals surface area contributed by atoms with Crippen LogP contribution in [0.1, 0.15) is 35.5 Å². The highest BCUT2D eigenvalue weighted by Crippen LogP contribution is 2.35. The van der Waals surface area contributed by atoms with Gasteiger partial charge in [-0.2, -0.15) is 13.2 Å². The molecule has 4 nitrogen and oxygen atoms in total. The molecule has 0 saturated carbocycles. The van der Waals surface area contributed by atoms with Crippen molar-refractivity contribution in [1.82, 2.24) is 9.88 Å². The van der Waals surface area contributed by atoms with Crippen LogP contribution in [0.5, 0.6) is 5.75 Å². The number of thiazole rings is 1. The minimum atomic E-state index is -4.45. The summed E-state index contributed by atoms with van der Waals surface area (Å²) in [7, 11) is 1.71. The number of halogens is 3. The number of benzene rings is 2. The number of carbonyl (C=O) groups excluding carboxylic acids is 1. The zero-order valence-corrected chi connectivity index (χ0v) is 17.6. The van der Waals surface area contributed by atoms with E-state index in [9.17, 15) is 18.0 Å². The molecule has 0 unspecified atom stereocenters. The number of aromatic nitrogens is 1. The molecular weight excluding hydrogens is 413 g/mol. The van der Waals surface area contributed by atoms with Crippen LogP contribution in [0.25, 0.3) is 10.6 Å². The second kappa shape index (κ2) is 8.87. The Morgan fingerprint density at radius 2 is 1.80 bits per heavy atom. The van der Waals surface area contributed by atoms with E-state index in [2.05, 4.69) is 4.98 Å². The van der Waals surface area contributed by atoms with E-state index in [1.54, 1.807) is 47.7 Å². The van der Waals surface area contributed by atoms with Gasteiger partial charge >= 0.3 is 6.18 Å². The van der Waals surface area contributed by atoms with Gasteiger partial charge in [0.15, 0.2) is 0 Å². The number of hydrogen-bond acceptors (Lipinski definition) is 4. The van der Waals surface area contributed by atoms with Gasteiger partial charge in [-0.1, -0.05) is 30.3 Å². The maximum Gasteiger partial charge on any atom is 0.416 e. The van der Waals surface area contributed by atoms with Crippen LogP contribution in [0.4, 0.5) is 13.2 Å². The van der Waals surface area contributed by atoms with Gasteiger partial charge in [0, 0.05) is 24.0 Å². The largest absolute Gasteiger partial charge is 0.488 e. The van der Waals surface area contributed by atoms with Crippen molar-refractivity contribution in [3.8, 4) is 16.3 Å². The lowest BCUT2D eigenvalue weighted by molar-refractivity contribution is -0.138. The summed E-state index contributed by atoms with van der Waals surface area (Å²) in [6, 6.07) is 12.3. The number of carbonyl (C=O) groups is 1. The van der Waals surface area contributed by atoms with Crippen LogP contribution in [0.3, 0.4) is 0 Å². The molecule has 8 heteroatoms. The number of rotatable bonds is 6. The second-order valence-corrected chi connectivity index (χ2v) is 7.85. The van der Waals surface area contributed by atoms with E-state index in [0.29, 0.717) is 22.0 Å². The van der Waals surface area contributed by atoms with Gasteiger partial charge in [-0.3, -0.25) is 4.79 Å². The van der Waals surface area contributed by atoms with E-state index in [0.717, 1.165) is 6.07 Å². The van der Waals surface area contributed by atoms with Crippen LogP contribution >= 0.6 is 11.3 Å². The molecule has 3 aromatic rings. The predicted molar refractivity (Wildman–Crippen MR) is 111 cm³/mol. The smallest absolute Gasteiger partial charge is 0.416 e. The molecule has 1 amide bonds. The third-order valence-electron chi connectivity index (χ3n) is 4.64. The Hall–Kier alpha value is -2.87. The summed E-state index contributed by atoms with van der Waals surface area (Å²) >= 11 is 1.28. The minimum absolute atomic E-state index is 0.0342. The van der Waals surface area contributed by atoms with Crippen molar-refractivity contribution in [2.24, 2.45) is 0 Å². The second-order valence-electron chi connectivity index (χ2n) is 6.99. The molecule has 0 saturated heterocycles. The number of ether oxygens (including phenoxy) is 1. The molecule has 0 bridgehead atoms. The normalized spacial score (nSPS) is 11.6. The third kappa shape index (κ3) is 4.81. The van der Waals surface area contributed by atoms with E-state index in [1.807, 2.05) is 13.8 Å². The quantitative estimate of drug-likeness (QED) is 0.486. The summed E-state index contributed by atoms with van der Waals surface area (Å²) in [6.07, 6.45) is -4.45. The monoisotopic (exact) mass is 434 g/mol. The van der Waals surface area contributed by atoms with Crippen molar-refractivity contribution in [1.29, 1.82) is 0 Å². The van der Waals surface area contributed by atoms with Gasteiger partial charge in [0.05, 0.1) is 11.1 Å². The van der Waals surface area contributed by atoms with Gasteiger partial charge in [-0.05, 0) is 32.0 Å². The van der Waals surface area contributed by atoms with Crippen LogP contribution in [0.2, 0.25) is 0 Å². The van der Waals surface area contributed by atoms with E-state index < -0.39 is 11.7 Å². The lowest BCUT2D eigenvalue weighted by Crippen LogP contribution is -2.33. The lowest BCUT2D eigenvalue weighted by atomic mass is 10.1. The zero-order chi connectivity index (χ0) is 21.9. The Balaban J connectivity index is 1.84. The molecule has 1 heterocycles. The average molecular weight is 434 g/mol. The lowest BCUT2D eigenvalue weighted by Gasteiger charge is -2.20. The first-order chi connectivity index (χ1) is 14.2. The molecular formula is C22H21F3N2O2S.